The number of benzene rings is 1. The van der Waals surface area contributed by atoms with E-state index in [-0.39, 0.29) is 17.6 Å². The van der Waals surface area contributed by atoms with Gasteiger partial charge in [-0.1, -0.05) is 40.3 Å². The van der Waals surface area contributed by atoms with Crippen molar-refractivity contribution in [2.75, 3.05) is 13.1 Å². The predicted octanol–water partition coefficient (Wildman–Crippen LogP) is 6.39. The fraction of sp³-hybridized carbons (Fsp3) is 0.520. The van der Waals surface area contributed by atoms with Crippen molar-refractivity contribution in [2.24, 2.45) is 16.9 Å². The van der Waals surface area contributed by atoms with Gasteiger partial charge in [0.15, 0.2) is 0 Å². The van der Waals surface area contributed by atoms with E-state index in [0.717, 1.165) is 24.2 Å². The number of rotatable bonds is 6. The van der Waals surface area contributed by atoms with Gasteiger partial charge in [0.05, 0.1) is 0 Å². The van der Waals surface area contributed by atoms with E-state index in [2.05, 4.69) is 31.6 Å². The van der Waals surface area contributed by atoms with Crippen LogP contribution >= 0.6 is 0 Å². The number of amides is 1. The van der Waals surface area contributed by atoms with E-state index in [1.54, 1.807) is 25.3 Å². The summed E-state index contributed by atoms with van der Waals surface area (Å²) < 4.78 is 13.6. The topological polar surface area (TPSA) is 35.9 Å². The van der Waals surface area contributed by atoms with Crippen molar-refractivity contribution in [1.29, 1.82) is 0 Å². The van der Waals surface area contributed by atoms with Crippen molar-refractivity contribution in [1.82, 2.24) is 9.91 Å². The molecule has 1 amide bonds. The molecule has 0 bridgehead atoms. The van der Waals surface area contributed by atoms with Crippen molar-refractivity contribution in [3.05, 3.63) is 59.2 Å². The lowest BCUT2D eigenvalue weighted by Gasteiger charge is -2.37. The molecule has 1 saturated heterocycles. The maximum Gasteiger partial charge on any atom is 0.253 e. The van der Waals surface area contributed by atoms with Gasteiger partial charge >= 0.3 is 0 Å². The van der Waals surface area contributed by atoms with Gasteiger partial charge in [-0.15, -0.1) is 0 Å². The molecule has 1 aliphatic rings. The molecule has 0 aromatic heterocycles. The van der Waals surface area contributed by atoms with Crippen LogP contribution in [0.25, 0.3) is 0 Å². The molecule has 0 radical (unpaired) electrons. The summed E-state index contributed by atoms with van der Waals surface area (Å²) >= 11 is 0. The van der Waals surface area contributed by atoms with Crippen molar-refractivity contribution in [2.45, 2.75) is 61.3 Å². The van der Waals surface area contributed by atoms with Crippen LogP contribution in [0, 0.1) is 24.6 Å². The largest absolute Gasteiger partial charge is 0.338 e. The summed E-state index contributed by atoms with van der Waals surface area (Å²) in [4.78, 5) is 14.9. The summed E-state index contributed by atoms with van der Waals surface area (Å²) in [6, 6.07) is 4.57. The minimum Gasteiger partial charge on any atom is -0.338 e. The van der Waals surface area contributed by atoms with E-state index in [9.17, 15) is 9.18 Å². The van der Waals surface area contributed by atoms with E-state index in [0.29, 0.717) is 30.1 Å². The van der Waals surface area contributed by atoms with Crippen LogP contribution in [0.4, 0.5) is 4.39 Å². The standard InChI is InChI=1S/C23H32FN3O.C2H6/c1-7-25-27(17(4)5)22(13-16(2)3)20-9-8-12-26(15-20)23(28)19-10-11-21(24)18(6)14-19;1-2/h7,10-11,13-14,16,20H,4,8-9,12,15H2,1-3,5-6H3;1-2H3/b22-13-,25-7-;. The van der Waals surface area contributed by atoms with Gasteiger partial charge in [-0.2, -0.15) is 5.10 Å². The third-order valence-corrected chi connectivity index (χ3v) is 4.87. The highest BCUT2D eigenvalue weighted by molar-refractivity contribution is 5.94. The number of carbonyl (C=O) groups excluding carboxylic acids is 1. The van der Waals surface area contributed by atoms with Crippen LogP contribution in [0.15, 0.2) is 47.3 Å². The number of allylic oxidation sites excluding steroid dienone is 2. The Kier molecular flexibility index (Phi) is 10.5. The minimum atomic E-state index is -0.287. The first kappa shape index (κ1) is 25.6. The molecule has 1 atom stereocenters. The molecule has 5 heteroatoms. The summed E-state index contributed by atoms with van der Waals surface area (Å²) in [5.41, 5.74) is 2.97. The lowest BCUT2D eigenvalue weighted by atomic mass is 9.91. The number of likely N-dealkylation sites (tertiary alicyclic amines) is 1. The first-order chi connectivity index (χ1) is 14.2. The molecule has 1 aliphatic heterocycles. The molecule has 0 saturated carbocycles. The van der Waals surface area contributed by atoms with E-state index in [4.69, 9.17) is 0 Å². The molecular weight excluding hydrogens is 377 g/mol. The highest BCUT2D eigenvalue weighted by Crippen LogP contribution is 2.30. The van der Waals surface area contributed by atoms with Crippen LogP contribution in [0.2, 0.25) is 0 Å². The molecule has 0 spiro atoms. The van der Waals surface area contributed by atoms with Gasteiger partial charge in [0.2, 0.25) is 0 Å². The highest BCUT2D eigenvalue weighted by Gasteiger charge is 2.29. The molecule has 1 unspecified atom stereocenters. The van der Waals surface area contributed by atoms with Gasteiger partial charge < -0.3 is 4.90 Å². The van der Waals surface area contributed by atoms with E-state index >= 15 is 0 Å². The van der Waals surface area contributed by atoms with Crippen LogP contribution in [0.3, 0.4) is 0 Å². The van der Waals surface area contributed by atoms with Gasteiger partial charge in [0.1, 0.15) is 5.82 Å². The summed E-state index contributed by atoms with van der Waals surface area (Å²) in [5, 5.41) is 6.39. The molecule has 1 fully saturated rings. The number of nitrogens with zero attached hydrogens (tertiary/aromatic N) is 3. The number of hydrogen-bond acceptors (Lipinski definition) is 3. The highest BCUT2D eigenvalue weighted by atomic mass is 19.1. The number of aryl methyl sites for hydroxylation is 1. The molecule has 4 nitrogen and oxygen atoms in total. The van der Waals surface area contributed by atoms with Crippen molar-refractivity contribution >= 4 is 12.1 Å². The fourth-order valence-corrected chi connectivity index (χ4v) is 3.59. The zero-order valence-corrected chi connectivity index (χ0v) is 19.7. The van der Waals surface area contributed by atoms with Gasteiger partial charge in [0.25, 0.3) is 5.91 Å². The Hall–Kier alpha value is -2.43. The second-order valence-electron chi connectivity index (χ2n) is 7.81. The Balaban J connectivity index is 0.00000218. The van der Waals surface area contributed by atoms with Gasteiger partial charge in [-0.3, -0.25) is 4.79 Å². The van der Waals surface area contributed by atoms with E-state index in [1.165, 1.54) is 6.07 Å². The minimum absolute atomic E-state index is 0.0439. The Morgan fingerprint density at radius 1 is 1.37 bits per heavy atom. The molecule has 0 aliphatic carbocycles. The zero-order chi connectivity index (χ0) is 22.8. The van der Waals surface area contributed by atoms with Crippen molar-refractivity contribution in [3.63, 3.8) is 0 Å². The Morgan fingerprint density at radius 2 is 2.03 bits per heavy atom. The number of hydrazone groups is 1. The molecule has 1 heterocycles. The Labute approximate surface area is 182 Å². The molecule has 1 aromatic carbocycles. The molecule has 30 heavy (non-hydrogen) atoms. The third kappa shape index (κ3) is 6.82. The monoisotopic (exact) mass is 415 g/mol. The Morgan fingerprint density at radius 3 is 2.57 bits per heavy atom. The van der Waals surface area contributed by atoms with Gasteiger partial charge in [-0.25, -0.2) is 9.40 Å². The number of carbonyl (C=O) groups is 1. The van der Waals surface area contributed by atoms with Gasteiger partial charge in [0, 0.05) is 42.2 Å². The Bertz CT molecular complexity index is 783. The summed E-state index contributed by atoms with van der Waals surface area (Å²) in [6.45, 7) is 19.2. The molecule has 1 aromatic rings. The first-order valence-electron chi connectivity index (χ1n) is 11.0. The maximum absolute atomic E-state index is 13.6. The fourth-order valence-electron chi connectivity index (χ4n) is 3.59. The molecule has 0 N–H and O–H groups in total. The third-order valence-electron chi connectivity index (χ3n) is 4.87. The van der Waals surface area contributed by atoms with Crippen LogP contribution in [-0.2, 0) is 0 Å². The molecular formula is C25H38FN3O. The van der Waals surface area contributed by atoms with E-state index < -0.39 is 0 Å². The van der Waals surface area contributed by atoms with Crippen molar-refractivity contribution in [3.8, 4) is 0 Å². The average molecular weight is 416 g/mol. The average Bonchev–Trinajstić information content (AvgIpc) is 2.73. The lowest BCUT2D eigenvalue weighted by Crippen LogP contribution is -2.42. The van der Waals surface area contributed by atoms with E-state index in [1.807, 2.05) is 37.6 Å². The van der Waals surface area contributed by atoms with Crippen LogP contribution in [0.5, 0.6) is 0 Å². The quantitative estimate of drug-likeness (QED) is 0.398. The summed E-state index contributed by atoms with van der Waals surface area (Å²) in [6.07, 6.45) is 5.89. The smallest absolute Gasteiger partial charge is 0.253 e. The molecule has 166 valence electrons. The summed E-state index contributed by atoms with van der Waals surface area (Å²) in [7, 11) is 0. The second-order valence-corrected chi connectivity index (χ2v) is 7.81. The number of hydrogen-bond donors (Lipinski definition) is 0. The second kappa shape index (κ2) is 12.3. The SMILES string of the molecule is C=C(C)N(/N=C\C)/C(=C\C(C)C)C1CCCN(C(=O)c2ccc(F)c(C)c2)C1.CC. The number of halogens is 1. The summed E-state index contributed by atoms with van der Waals surface area (Å²) in [5.74, 6) is 0.207. The zero-order valence-electron chi connectivity index (χ0n) is 19.7. The first-order valence-corrected chi connectivity index (χ1v) is 11.0. The van der Waals surface area contributed by atoms with Crippen LogP contribution in [-0.4, -0.2) is 35.1 Å². The van der Waals surface area contributed by atoms with Gasteiger partial charge in [-0.05, 0) is 63.3 Å². The van der Waals surface area contributed by atoms with Crippen molar-refractivity contribution < 1.29 is 9.18 Å². The normalized spacial score (nSPS) is 17.0. The maximum atomic E-state index is 13.6. The van der Waals surface area contributed by atoms with Crippen LogP contribution < -0.4 is 0 Å². The van der Waals surface area contributed by atoms with Crippen LogP contribution in [0.1, 0.15) is 70.3 Å². The number of piperidine rings is 1. The lowest BCUT2D eigenvalue weighted by molar-refractivity contribution is 0.0679. The predicted molar refractivity (Wildman–Crippen MR) is 125 cm³/mol. The molecule has 2 rings (SSSR count).